The van der Waals surface area contributed by atoms with E-state index in [0.717, 1.165) is 23.5 Å². The molecule has 0 spiro atoms. The van der Waals surface area contributed by atoms with Gasteiger partial charge in [-0.1, -0.05) is 13.0 Å². The van der Waals surface area contributed by atoms with Crippen molar-refractivity contribution in [3.8, 4) is 11.5 Å². The van der Waals surface area contributed by atoms with Crippen LogP contribution in [0.4, 0.5) is 0 Å². The standard InChI is InChI=1S/C13H19NO3/c1-3-13(2,8-15)14-7-10-4-5-11-12(6-10)17-9-16-11/h4-6,14-15H,3,7-9H2,1-2H3. The average Bonchev–Trinajstić information content (AvgIpc) is 2.83. The lowest BCUT2D eigenvalue weighted by atomic mass is 10.00. The van der Waals surface area contributed by atoms with Crippen molar-refractivity contribution >= 4 is 0 Å². The van der Waals surface area contributed by atoms with Crippen molar-refractivity contribution in [3.05, 3.63) is 23.8 Å². The van der Waals surface area contributed by atoms with Crippen LogP contribution < -0.4 is 14.8 Å². The van der Waals surface area contributed by atoms with E-state index in [2.05, 4.69) is 12.2 Å². The van der Waals surface area contributed by atoms with Crippen LogP contribution in [0.3, 0.4) is 0 Å². The van der Waals surface area contributed by atoms with Gasteiger partial charge in [0.15, 0.2) is 11.5 Å². The summed E-state index contributed by atoms with van der Waals surface area (Å²) < 4.78 is 10.6. The molecule has 0 amide bonds. The maximum Gasteiger partial charge on any atom is 0.231 e. The Hall–Kier alpha value is -1.26. The van der Waals surface area contributed by atoms with Gasteiger partial charge in [-0.05, 0) is 31.0 Å². The Kier molecular flexibility index (Phi) is 3.54. The van der Waals surface area contributed by atoms with Crippen LogP contribution in [0.15, 0.2) is 18.2 Å². The fourth-order valence-electron chi connectivity index (χ4n) is 1.66. The van der Waals surface area contributed by atoms with E-state index in [4.69, 9.17) is 9.47 Å². The van der Waals surface area contributed by atoms with Crippen LogP contribution in [0, 0.1) is 0 Å². The summed E-state index contributed by atoms with van der Waals surface area (Å²) in [7, 11) is 0. The fraction of sp³-hybridized carbons (Fsp3) is 0.538. The SMILES string of the molecule is CCC(C)(CO)NCc1ccc2c(c1)OCO2. The number of hydrogen-bond acceptors (Lipinski definition) is 4. The molecule has 2 N–H and O–H groups in total. The topological polar surface area (TPSA) is 50.7 Å². The van der Waals surface area contributed by atoms with Crippen molar-refractivity contribution in [2.75, 3.05) is 13.4 Å². The van der Waals surface area contributed by atoms with E-state index in [0.29, 0.717) is 13.3 Å². The molecule has 1 aromatic rings. The number of fused-ring (bicyclic) bond motifs is 1. The van der Waals surface area contributed by atoms with E-state index in [1.807, 2.05) is 25.1 Å². The average molecular weight is 237 g/mol. The van der Waals surface area contributed by atoms with Crippen molar-refractivity contribution in [2.24, 2.45) is 0 Å². The van der Waals surface area contributed by atoms with E-state index in [1.165, 1.54) is 0 Å². The maximum atomic E-state index is 9.31. The van der Waals surface area contributed by atoms with Gasteiger partial charge in [0.25, 0.3) is 0 Å². The van der Waals surface area contributed by atoms with Crippen molar-refractivity contribution in [1.82, 2.24) is 5.32 Å². The molecular weight excluding hydrogens is 218 g/mol. The predicted molar refractivity (Wildman–Crippen MR) is 65.2 cm³/mol. The zero-order valence-electron chi connectivity index (χ0n) is 10.3. The number of benzene rings is 1. The fourth-order valence-corrected chi connectivity index (χ4v) is 1.66. The van der Waals surface area contributed by atoms with Crippen LogP contribution in [-0.4, -0.2) is 24.0 Å². The minimum absolute atomic E-state index is 0.133. The van der Waals surface area contributed by atoms with Crippen LogP contribution >= 0.6 is 0 Å². The maximum absolute atomic E-state index is 9.31. The zero-order valence-corrected chi connectivity index (χ0v) is 10.3. The lowest BCUT2D eigenvalue weighted by molar-refractivity contribution is 0.168. The van der Waals surface area contributed by atoms with Gasteiger partial charge in [-0.15, -0.1) is 0 Å². The van der Waals surface area contributed by atoms with Crippen LogP contribution in [0.2, 0.25) is 0 Å². The molecule has 1 atom stereocenters. The van der Waals surface area contributed by atoms with Gasteiger partial charge in [-0.3, -0.25) is 0 Å². The van der Waals surface area contributed by atoms with Crippen molar-refractivity contribution in [2.45, 2.75) is 32.4 Å². The quantitative estimate of drug-likeness (QED) is 0.818. The molecule has 0 fully saturated rings. The van der Waals surface area contributed by atoms with Gasteiger partial charge >= 0.3 is 0 Å². The number of aliphatic hydroxyl groups is 1. The summed E-state index contributed by atoms with van der Waals surface area (Å²) in [5.41, 5.74) is 0.901. The molecule has 94 valence electrons. The molecule has 0 bridgehead atoms. The largest absolute Gasteiger partial charge is 0.454 e. The lowest BCUT2D eigenvalue weighted by Crippen LogP contribution is -2.44. The summed E-state index contributed by atoms with van der Waals surface area (Å²) in [6.07, 6.45) is 0.883. The molecule has 0 saturated heterocycles. The van der Waals surface area contributed by atoms with Crippen molar-refractivity contribution in [3.63, 3.8) is 0 Å². The van der Waals surface area contributed by atoms with Gasteiger partial charge < -0.3 is 19.9 Å². The Morgan fingerprint density at radius 3 is 2.82 bits per heavy atom. The minimum Gasteiger partial charge on any atom is -0.454 e. The van der Waals surface area contributed by atoms with Gasteiger partial charge in [-0.25, -0.2) is 0 Å². The van der Waals surface area contributed by atoms with Crippen molar-refractivity contribution < 1.29 is 14.6 Å². The van der Waals surface area contributed by atoms with Gasteiger partial charge in [0.05, 0.1) is 6.61 Å². The highest BCUT2D eigenvalue weighted by Gasteiger charge is 2.20. The lowest BCUT2D eigenvalue weighted by Gasteiger charge is -2.27. The Labute approximate surface area is 102 Å². The Balaban J connectivity index is 2.00. The highest BCUT2D eigenvalue weighted by molar-refractivity contribution is 5.44. The van der Waals surface area contributed by atoms with Gasteiger partial charge in [0.1, 0.15) is 0 Å². The molecule has 4 heteroatoms. The smallest absolute Gasteiger partial charge is 0.231 e. The Morgan fingerprint density at radius 1 is 1.35 bits per heavy atom. The summed E-state index contributed by atoms with van der Waals surface area (Å²) in [4.78, 5) is 0. The monoisotopic (exact) mass is 237 g/mol. The Bertz CT molecular complexity index is 388. The Morgan fingerprint density at radius 2 is 2.12 bits per heavy atom. The first kappa shape index (κ1) is 12.2. The second-order valence-electron chi connectivity index (χ2n) is 4.61. The number of nitrogens with one attached hydrogen (secondary N) is 1. The van der Waals surface area contributed by atoms with Gasteiger partial charge in [0.2, 0.25) is 6.79 Å². The van der Waals surface area contributed by atoms with Gasteiger partial charge in [0, 0.05) is 12.1 Å². The number of aliphatic hydroxyl groups excluding tert-OH is 1. The summed E-state index contributed by atoms with van der Waals surface area (Å²) in [6, 6.07) is 5.90. The molecule has 0 aliphatic carbocycles. The molecule has 17 heavy (non-hydrogen) atoms. The van der Waals surface area contributed by atoms with E-state index < -0.39 is 0 Å². The summed E-state index contributed by atoms with van der Waals surface area (Å²) in [5.74, 6) is 1.60. The zero-order chi connectivity index (χ0) is 12.3. The molecule has 0 saturated carbocycles. The van der Waals surface area contributed by atoms with Crippen LogP contribution in [0.5, 0.6) is 11.5 Å². The van der Waals surface area contributed by atoms with E-state index in [9.17, 15) is 5.11 Å². The highest BCUT2D eigenvalue weighted by Crippen LogP contribution is 2.32. The molecule has 0 aromatic heterocycles. The molecule has 1 heterocycles. The molecule has 1 unspecified atom stereocenters. The number of hydrogen-bond donors (Lipinski definition) is 2. The van der Waals surface area contributed by atoms with Crippen LogP contribution in [-0.2, 0) is 6.54 Å². The number of rotatable bonds is 5. The first-order valence-corrected chi connectivity index (χ1v) is 5.91. The van der Waals surface area contributed by atoms with E-state index >= 15 is 0 Å². The van der Waals surface area contributed by atoms with Gasteiger partial charge in [-0.2, -0.15) is 0 Å². The highest BCUT2D eigenvalue weighted by atomic mass is 16.7. The molecule has 0 radical (unpaired) electrons. The summed E-state index contributed by atoms with van der Waals surface area (Å²) in [6.45, 7) is 5.22. The second-order valence-corrected chi connectivity index (χ2v) is 4.61. The molecule has 4 nitrogen and oxygen atoms in total. The predicted octanol–water partition coefficient (Wildman–Crippen LogP) is 1.67. The van der Waals surface area contributed by atoms with E-state index in [-0.39, 0.29) is 12.1 Å². The molecule has 2 rings (SSSR count). The first-order chi connectivity index (χ1) is 8.17. The third kappa shape index (κ3) is 2.70. The third-order valence-electron chi connectivity index (χ3n) is 3.29. The minimum atomic E-state index is -0.226. The van der Waals surface area contributed by atoms with E-state index in [1.54, 1.807) is 0 Å². The van der Waals surface area contributed by atoms with Crippen molar-refractivity contribution in [1.29, 1.82) is 0 Å². The second kappa shape index (κ2) is 4.94. The summed E-state index contributed by atoms with van der Waals surface area (Å²) in [5, 5.41) is 12.7. The van der Waals surface area contributed by atoms with Crippen LogP contribution in [0.25, 0.3) is 0 Å². The normalized spacial score (nSPS) is 16.9. The first-order valence-electron chi connectivity index (χ1n) is 5.91. The molecule has 1 aromatic carbocycles. The molecular formula is C13H19NO3. The third-order valence-corrected chi connectivity index (χ3v) is 3.29. The molecule has 1 aliphatic rings. The van der Waals surface area contributed by atoms with Crippen LogP contribution in [0.1, 0.15) is 25.8 Å². The summed E-state index contributed by atoms with van der Waals surface area (Å²) >= 11 is 0. The number of ether oxygens (including phenoxy) is 2. The molecule has 1 aliphatic heterocycles.